The molecule has 12 heteroatoms. The van der Waals surface area contributed by atoms with Crippen LogP contribution in [0.15, 0.2) is 183 Å². The highest BCUT2D eigenvalue weighted by Gasteiger charge is 2.34. The third-order valence-corrected chi connectivity index (χ3v) is 16.5. The summed E-state index contributed by atoms with van der Waals surface area (Å²) >= 11 is 0. The van der Waals surface area contributed by atoms with E-state index in [1.54, 1.807) is 12.4 Å². The number of rotatable bonds is 12. The molecule has 0 saturated carbocycles. The average Bonchev–Trinajstić information content (AvgIpc) is 2.74. The van der Waals surface area contributed by atoms with E-state index in [9.17, 15) is 0 Å². The van der Waals surface area contributed by atoms with Crippen LogP contribution in [0.5, 0.6) is 23.0 Å². The predicted octanol–water partition coefficient (Wildman–Crippen LogP) is 17.4. The first-order chi connectivity index (χ1) is 40.8. The van der Waals surface area contributed by atoms with Crippen molar-refractivity contribution in [2.45, 2.75) is 79.1 Å². The van der Waals surface area contributed by atoms with Crippen LogP contribution in [0.4, 0.5) is 79.6 Å². The van der Waals surface area contributed by atoms with Crippen molar-refractivity contribution in [1.82, 2.24) is 9.97 Å². The van der Waals surface area contributed by atoms with Gasteiger partial charge >= 0.3 is 0 Å². The van der Waals surface area contributed by atoms with Gasteiger partial charge in [0.2, 0.25) is 0 Å². The van der Waals surface area contributed by atoms with Crippen LogP contribution < -0.4 is 48.7 Å². The Labute approximate surface area is 487 Å². The molecule has 7 aromatic carbocycles. The monoisotopic (exact) mass is 1090 g/mol. The summed E-state index contributed by atoms with van der Waals surface area (Å²) in [4.78, 5) is 26.4. The molecule has 0 atom stereocenters. The van der Waals surface area contributed by atoms with E-state index in [2.05, 4.69) is 241 Å². The fourth-order valence-corrected chi connectivity index (χ4v) is 12.0. The average molecular weight is 1090 g/mol. The van der Waals surface area contributed by atoms with Crippen LogP contribution in [0.2, 0.25) is 0 Å². The predicted molar refractivity (Wildman–Crippen MR) is 339 cm³/mol. The highest BCUT2D eigenvalue weighted by Crippen LogP contribution is 2.51. The van der Waals surface area contributed by atoms with Crippen molar-refractivity contribution in [2.24, 2.45) is 0 Å². The van der Waals surface area contributed by atoms with Crippen molar-refractivity contribution < 1.29 is 13.6 Å². The summed E-state index contributed by atoms with van der Waals surface area (Å²) in [7, 11) is 2.11. The fraction of sp³-hybridized carbons (Fsp3) is 0.257. The number of hydrogen-bond donors (Lipinski definition) is 0. The zero-order valence-corrected chi connectivity index (χ0v) is 48.4. The van der Waals surface area contributed by atoms with E-state index in [4.69, 9.17) is 13.6 Å². The van der Waals surface area contributed by atoms with Crippen LogP contribution in [0.3, 0.4) is 0 Å². The van der Waals surface area contributed by atoms with Crippen LogP contribution in [-0.4, -0.2) is 50.7 Å². The molecule has 0 fully saturated rings. The summed E-state index contributed by atoms with van der Waals surface area (Å²) in [5.74, 6) is 2.93. The number of nitrogens with zero attached hydrogens (tertiary/aromatic N) is 10. The third-order valence-electron chi connectivity index (χ3n) is 16.5. The van der Waals surface area contributed by atoms with E-state index in [0.717, 1.165) is 99.1 Å². The molecule has 0 N–H and O–H groups in total. The zero-order valence-electron chi connectivity index (χ0n) is 51.4. The lowest BCUT2D eigenvalue weighted by Crippen LogP contribution is -2.26. The lowest BCUT2D eigenvalue weighted by Gasteiger charge is -2.29. The van der Waals surface area contributed by atoms with Gasteiger partial charge in [-0.15, -0.1) is 0 Å². The lowest BCUT2D eigenvalue weighted by molar-refractivity contribution is 0.478. The SMILES string of the molecule is [2H]C([2H])([2H])N1CN(c2cc(Oc3cccc(N4CN(c5cc(CC)c(N6CN(c7cccc(Oc8cc(N9CN(C)c%10cnccc%109)cc(C(C)(C)C)c8)c7)c7ccccc76)cc5CC)c5ccccc54)c3)cc(C(C)(C)C)c2)c2ccncc21. The number of para-hydroxylation sites is 4. The molecular formula is C70H72N10O2. The van der Waals surface area contributed by atoms with Gasteiger partial charge in [-0.05, 0) is 143 Å². The minimum absolute atomic E-state index is 0.103. The first-order valence-corrected chi connectivity index (χ1v) is 28.5. The standard InChI is InChI=1S/C70H72N10O2/c1-11-47-31-66(80-46-78(60-24-14-16-26-62(60)80)52-20-18-22-56(38-52)82-58-36-50(70(6,7)8)34-54(40-58)76-44-74(10)68-42-72-30-28-64(68)76)48(12-2)32-65(47)79-45-77(59-23-13-15-25-61(59)79)51-19-17-21-55(37-51)81-57-35-49(69(3,4)5)33-53(39-57)75-43-73(9)67-41-71-29-27-63(67)75/h13-42H,11-12,43-46H2,1-10H3/i9D3. The van der Waals surface area contributed by atoms with Gasteiger partial charge in [0.25, 0.3) is 0 Å². The van der Waals surface area contributed by atoms with Crippen LogP contribution >= 0.6 is 0 Å². The zero-order chi connectivity index (χ0) is 59.1. The van der Waals surface area contributed by atoms with Crippen molar-refractivity contribution >= 4 is 79.6 Å². The maximum absolute atomic E-state index is 8.31. The number of fused-ring (bicyclic) bond motifs is 4. The van der Waals surface area contributed by atoms with Gasteiger partial charge in [0, 0.05) is 88.9 Å². The smallest absolute Gasteiger partial charge is 0.129 e. The van der Waals surface area contributed by atoms with Crippen molar-refractivity contribution in [1.29, 1.82) is 0 Å². The normalized spacial score (nSPS) is 15.4. The maximum atomic E-state index is 8.31. The molecule has 2 aromatic heterocycles. The van der Waals surface area contributed by atoms with E-state index in [1.807, 2.05) is 35.5 Å². The van der Waals surface area contributed by atoms with Crippen LogP contribution in [-0.2, 0) is 23.7 Å². The molecular weight excluding hydrogens is 1010 g/mol. The van der Waals surface area contributed by atoms with Gasteiger partial charge in [0.1, 0.15) is 36.3 Å². The molecule has 0 bridgehead atoms. The second kappa shape index (κ2) is 20.4. The van der Waals surface area contributed by atoms with E-state index in [0.29, 0.717) is 30.5 Å². The summed E-state index contributed by atoms with van der Waals surface area (Å²) in [6, 6.07) is 55.9. The fourth-order valence-electron chi connectivity index (χ4n) is 12.0. The van der Waals surface area contributed by atoms with Gasteiger partial charge in [-0.1, -0.05) is 91.8 Å². The van der Waals surface area contributed by atoms with Crippen molar-refractivity contribution in [3.8, 4) is 23.0 Å². The summed E-state index contributed by atoms with van der Waals surface area (Å²) in [5.41, 5.74) is 19.0. The second-order valence-corrected chi connectivity index (χ2v) is 23.9. The lowest BCUT2D eigenvalue weighted by atomic mass is 9.86. The highest BCUT2D eigenvalue weighted by molar-refractivity contribution is 5.92. The van der Waals surface area contributed by atoms with Gasteiger partial charge in [0.05, 0.1) is 71.2 Å². The number of aryl methyl sites for hydroxylation is 2. The van der Waals surface area contributed by atoms with Crippen LogP contribution in [0.25, 0.3) is 0 Å². The van der Waals surface area contributed by atoms with Crippen LogP contribution in [0, 0.1) is 0 Å². The number of anilines is 14. The molecule has 0 amide bonds. The molecule has 4 aliphatic heterocycles. The van der Waals surface area contributed by atoms with Gasteiger partial charge in [-0.25, -0.2) is 0 Å². The Bertz CT molecular complexity index is 4020. The molecule has 4 aliphatic rings. The Balaban J connectivity index is 0.777. The quantitative estimate of drug-likeness (QED) is 0.117. The minimum atomic E-state index is -2.33. The number of aromatic nitrogens is 2. The van der Waals surface area contributed by atoms with E-state index < -0.39 is 6.98 Å². The van der Waals surface area contributed by atoms with Crippen molar-refractivity contribution in [2.75, 3.05) is 79.9 Å². The molecule has 12 nitrogen and oxygen atoms in total. The van der Waals surface area contributed by atoms with Gasteiger partial charge in [-0.2, -0.15) is 0 Å². The molecule has 414 valence electrons. The molecule has 9 aromatic rings. The molecule has 0 saturated heterocycles. The Morgan fingerprint density at radius 3 is 1.21 bits per heavy atom. The summed E-state index contributed by atoms with van der Waals surface area (Å²) in [5, 5.41) is 0. The van der Waals surface area contributed by atoms with E-state index >= 15 is 0 Å². The third kappa shape index (κ3) is 9.49. The second-order valence-electron chi connectivity index (χ2n) is 23.9. The number of pyridine rings is 2. The molecule has 13 rings (SSSR count). The molecule has 0 unspecified atom stereocenters. The number of benzene rings is 7. The van der Waals surface area contributed by atoms with Crippen molar-refractivity contribution in [3.05, 3.63) is 205 Å². The number of ether oxygens (including phenoxy) is 2. The number of hydrogen-bond acceptors (Lipinski definition) is 12. The molecule has 6 heterocycles. The summed E-state index contributed by atoms with van der Waals surface area (Å²) in [6.45, 7) is 17.6. The largest absolute Gasteiger partial charge is 0.457 e. The van der Waals surface area contributed by atoms with Crippen LogP contribution in [0.1, 0.15) is 81.8 Å². The summed E-state index contributed by atoms with van der Waals surface area (Å²) in [6.07, 6.45) is 8.82. The molecule has 0 radical (unpaired) electrons. The van der Waals surface area contributed by atoms with Gasteiger partial charge in [-0.3, -0.25) is 9.97 Å². The molecule has 0 aliphatic carbocycles. The molecule has 82 heavy (non-hydrogen) atoms. The summed E-state index contributed by atoms with van der Waals surface area (Å²) < 4.78 is 38.7. The maximum Gasteiger partial charge on any atom is 0.129 e. The van der Waals surface area contributed by atoms with Gasteiger partial charge < -0.3 is 48.7 Å². The Morgan fingerprint density at radius 1 is 0.390 bits per heavy atom. The van der Waals surface area contributed by atoms with Gasteiger partial charge in [0.15, 0.2) is 0 Å². The Hall–Kier alpha value is -9.16. The Kier molecular flexibility index (Phi) is 12.1. The minimum Gasteiger partial charge on any atom is -0.457 e. The molecule has 0 spiro atoms. The van der Waals surface area contributed by atoms with E-state index in [-0.39, 0.29) is 17.5 Å². The highest BCUT2D eigenvalue weighted by atomic mass is 16.5. The topological polar surface area (TPSA) is 70.2 Å². The first kappa shape index (κ1) is 48.7. The van der Waals surface area contributed by atoms with Crippen molar-refractivity contribution in [3.63, 3.8) is 0 Å². The van der Waals surface area contributed by atoms with E-state index in [1.165, 1.54) is 33.0 Å². The Morgan fingerprint density at radius 2 is 0.780 bits per heavy atom. The first-order valence-electron chi connectivity index (χ1n) is 30.0.